The minimum Gasteiger partial charge on any atom is -0.292 e. The first-order chi connectivity index (χ1) is 12.5. The Balaban J connectivity index is 1.80. The second-order valence-corrected chi connectivity index (χ2v) is 7.57. The Bertz CT molecular complexity index is 921. The quantitative estimate of drug-likeness (QED) is 0.729. The molecule has 2 heteroatoms. The molecule has 2 aromatic carbocycles. The van der Waals surface area contributed by atoms with E-state index in [-0.39, 0.29) is 17.9 Å². The molecule has 2 aliphatic heterocycles. The summed E-state index contributed by atoms with van der Waals surface area (Å²) in [5.74, 6) is 0.223. The van der Waals surface area contributed by atoms with E-state index in [1.165, 1.54) is 11.1 Å². The van der Waals surface area contributed by atoms with E-state index >= 15 is 0 Å². The maximum absolute atomic E-state index is 13.4. The summed E-state index contributed by atoms with van der Waals surface area (Å²) < 4.78 is 0. The van der Waals surface area contributed by atoms with Gasteiger partial charge in [0.15, 0.2) is 5.78 Å². The van der Waals surface area contributed by atoms with Gasteiger partial charge in [-0.05, 0) is 62.6 Å². The summed E-state index contributed by atoms with van der Waals surface area (Å²) in [4.78, 5) is 15.8. The van der Waals surface area contributed by atoms with Crippen molar-refractivity contribution in [3.05, 3.63) is 81.9 Å². The third kappa shape index (κ3) is 2.95. The van der Waals surface area contributed by atoms with Gasteiger partial charge in [0.25, 0.3) is 0 Å². The van der Waals surface area contributed by atoms with E-state index in [0.717, 1.165) is 35.1 Å². The molecule has 0 amide bonds. The van der Waals surface area contributed by atoms with Crippen molar-refractivity contribution in [2.75, 3.05) is 7.05 Å². The van der Waals surface area contributed by atoms with Crippen molar-refractivity contribution in [2.45, 2.75) is 38.8 Å². The Morgan fingerprint density at radius 1 is 0.923 bits per heavy atom. The molecule has 0 N–H and O–H groups in total. The number of carbonyl (C=O) groups is 1. The second-order valence-electron chi connectivity index (χ2n) is 7.57. The first-order valence-electron chi connectivity index (χ1n) is 9.37. The highest BCUT2D eigenvalue weighted by Crippen LogP contribution is 2.40. The molecule has 4 rings (SSSR count). The summed E-state index contributed by atoms with van der Waals surface area (Å²) in [6.07, 6.45) is 6.32. The Morgan fingerprint density at radius 2 is 1.62 bits per heavy atom. The largest absolute Gasteiger partial charge is 0.292 e. The summed E-state index contributed by atoms with van der Waals surface area (Å²) in [5, 5.41) is 0. The number of likely N-dealkylation sites (N-methyl/N-ethyl adjacent to an activating group) is 1. The van der Waals surface area contributed by atoms with Crippen LogP contribution < -0.4 is 0 Å². The molecule has 2 nitrogen and oxygen atoms in total. The van der Waals surface area contributed by atoms with Crippen LogP contribution in [-0.2, 0) is 4.79 Å². The number of hydrogen-bond acceptors (Lipinski definition) is 2. The number of nitrogens with zero attached hydrogens (tertiary/aromatic N) is 1. The van der Waals surface area contributed by atoms with Crippen LogP contribution >= 0.6 is 0 Å². The van der Waals surface area contributed by atoms with Gasteiger partial charge < -0.3 is 0 Å². The van der Waals surface area contributed by atoms with Crippen LogP contribution in [0.15, 0.2) is 59.7 Å². The van der Waals surface area contributed by atoms with E-state index in [1.807, 2.05) is 12.1 Å². The third-order valence-electron chi connectivity index (χ3n) is 5.80. The fraction of sp³-hybridized carbons (Fsp3) is 0.292. The number of hydrogen-bond donors (Lipinski definition) is 0. The van der Waals surface area contributed by atoms with Gasteiger partial charge in [0.1, 0.15) is 0 Å². The first kappa shape index (κ1) is 17.0. The maximum atomic E-state index is 13.4. The van der Waals surface area contributed by atoms with E-state index in [9.17, 15) is 4.79 Å². The fourth-order valence-corrected chi connectivity index (χ4v) is 4.34. The fourth-order valence-electron chi connectivity index (χ4n) is 4.34. The molecule has 2 heterocycles. The van der Waals surface area contributed by atoms with E-state index in [0.29, 0.717) is 0 Å². The van der Waals surface area contributed by atoms with Crippen molar-refractivity contribution in [1.29, 1.82) is 0 Å². The molecule has 2 fully saturated rings. The number of aryl methyl sites for hydroxylation is 2. The topological polar surface area (TPSA) is 20.3 Å². The average molecular weight is 343 g/mol. The molecular weight excluding hydrogens is 318 g/mol. The molecule has 2 aromatic rings. The smallest absolute Gasteiger partial charge is 0.188 e. The summed E-state index contributed by atoms with van der Waals surface area (Å²) in [6.45, 7) is 4.19. The molecule has 0 aromatic heterocycles. The highest BCUT2D eigenvalue weighted by Gasteiger charge is 2.44. The van der Waals surface area contributed by atoms with Gasteiger partial charge in [-0.2, -0.15) is 0 Å². The molecular formula is C24H25NO. The highest BCUT2D eigenvalue weighted by atomic mass is 16.1. The Labute approximate surface area is 155 Å². The number of carbonyl (C=O) groups excluding carboxylic acids is 1. The van der Waals surface area contributed by atoms with Crippen LogP contribution in [0, 0.1) is 13.8 Å². The van der Waals surface area contributed by atoms with Gasteiger partial charge >= 0.3 is 0 Å². The number of ketones is 1. The van der Waals surface area contributed by atoms with Crippen molar-refractivity contribution < 1.29 is 4.79 Å². The van der Waals surface area contributed by atoms with Crippen LogP contribution in [0.2, 0.25) is 0 Å². The van der Waals surface area contributed by atoms with Gasteiger partial charge in [0.2, 0.25) is 0 Å². The number of benzene rings is 2. The van der Waals surface area contributed by atoms with Crippen molar-refractivity contribution in [3.63, 3.8) is 0 Å². The Morgan fingerprint density at radius 3 is 2.31 bits per heavy atom. The maximum Gasteiger partial charge on any atom is 0.188 e. The standard InChI is InChI=1S/C24H25NO/c1-16-7-6-9-18(13-16)14-20-22-11-12-23(25(22)3)21(24(20)26)15-19-10-5-4-8-17(19)2/h4-10,13-15,22-23H,11-12H2,1-3H3/b20-14-,21-15+. The zero-order chi connectivity index (χ0) is 18.3. The van der Waals surface area contributed by atoms with Crippen LogP contribution in [-0.4, -0.2) is 29.8 Å². The monoisotopic (exact) mass is 343 g/mol. The van der Waals surface area contributed by atoms with E-state index in [4.69, 9.17) is 0 Å². The Kier molecular flexibility index (Phi) is 4.37. The molecule has 132 valence electrons. The van der Waals surface area contributed by atoms with Crippen molar-refractivity contribution >= 4 is 17.9 Å². The van der Waals surface area contributed by atoms with Crippen molar-refractivity contribution in [3.8, 4) is 0 Å². The highest BCUT2D eigenvalue weighted by molar-refractivity contribution is 6.16. The third-order valence-corrected chi connectivity index (χ3v) is 5.80. The van der Waals surface area contributed by atoms with Gasteiger partial charge in [0.05, 0.1) is 0 Å². The number of fused-ring (bicyclic) bond motifs is 2. The molecule has 2 aliphatic rings. The molecule has 0 aliphatic carbocycles. The number of Topliss-reactive ketones (excluding diaryl/α,β-unsaturated/α-hetero) is 1. The molecule has 26 heavy (non-hydrogen) atoms. The second kappa shape index (κ2) is 6.69. The molecule has 2 saturated heterocycles. The average Bonchev–Trinajstić information content (AvgIpc) is 2.93. The molecule has 2 atom stereocenters. The molecule has 2 bridgehead atoms. The van der Waals surface area contributed by atoms with Gasteiger partial charge in [-0.25, -0.2) is 0 Å². The van der Waals surface area contributed by atoms with Crippen molar-refractivity contribution in [2.24, 2.45) is 0 Å². The van der Waals surface area contributed by atoms with Crippen LogP contribution in [0.3, 0.4) is 0 Å². The lowest BCUT2D eigenvalue weighted by molar-refractivity contribution is -0.114. The Hall–Kier alpha value is -2.45. The number of rotatable bonds is 2. The SMILES string of the molecule is Cc1cccc(/C=C2\C(=O)/C(=C/c3ccccc3C)C3CCC2N3C)c1. The van der Waals surface area contributed by atoms with Gasteiger partial charge in [-0.1, -0.05) is 54.1 Å². The molecule has 0 spiro atoms. The zero-order valence-electron chi connectivity index (χ0n) is 15.7. The van der Waals surface area contributed by atoms with Gasteiger partial charge in [-0.15, -0.1) is 0 Å². The minimum absolute atomic E-state index is 0.223. The number of piperidine rings is 1. The lowest BCUT2D eigenvalue weighted by Gasteiger charge is -2.34. The minimum atomic E-state index is 0.223. The van der Waals surface area contributed by atoms with Crippen LogP contribution in [0.5, 0.6) is 0 Å². The molecule has 0 radical (unpaired) electrons. The van der Waals surface area contributed by atoms with Crippen LogP contribution in [0.4, 0.5) is 0 Å². The molecule has 2 unspecified atom stereocenters. The first-order valence-corrected chi connectivity index (χ1v) is 9.37. The van der Waals surface area contributed by atoms with Crippen molar-refractivity contribution in [1.82, 2.24) is 4.90 Å². The van der Waals surface area contributed by atoms with Crippen LogP contribution in [0.1, 0.15) is 35.1 Å². The lowest BCUT2D eigenvalue weighted by Crippen LogP contribution is -2.43. The van der Waals surface area contributed by atoms with Gasteiger partial charge in [-0.3, -0.25) is 9.69 Å². The normalized spacial score (nSPS) is 26.0. The summed E-state index contributed by atoms with van der Waals surface area (Å²) in [7, 11) is 2.16. The van der Waals surface area contributed by atoms with Gasteiger partial charge in [0, 0.05) is 23.2 Å². The summed E-state index contributed by atoms with van der Waals surface area (Å²) in [6, 6.07) is 17.1. The summed E-state index contributed by atoms with van der Waals surface area (Å²) >= 11 is 0. The van der Waals surface area contributed by atoms with E-state index in [1.54, 1.807) is 0 Å². The lowest BCUT2D eigenvalue weighted by atomic mass is 9.88. The zero-order valence-corrected chi connectivity index (χ0v) is 15.7. The predicted molar refractivity (Wildman–Crippen MR) is 108 cm³/mol. The predicted octanol–water partition coefficient (Wildman–Crippen LogP) is 4.82. The molecule has 0 saturated carbocycles. The van der Waals surface area contributed by atoms with Crippen LogP contribution in [0.25, 0.3) is 12.2 Å². The van der Waals surface area contributed by atoms with E-state index < -0.39 is 0 Å². The van der Waals surface area contributed by atoms with E-state index in [2.05, 4.69) is 74.3 Å². The summed E-state index contributed by atoms with van der Waals surface area (Å²) in [5.41, 5.74) is 6.56.